The van der Waals surface area contributed by atoms with Crippen molar-refractivity contribution in [3.63, 3.8) is 0 Å². The fourth-order valence-corrected chi connectivity index (χ4v) is 4.71. The van der Waals surface area contributed by atoms with E-state index in [2.05, 4.69) is 17.3 Å². The minimum Gasteiger partial charge on any atom is -0.497 e. The van der Waals surface area contributed by atoms with Gasteiger partial charge in [0.2, 0.25) is 11.8 Å². The number of rotatable bonds is 5. The van der Waals surface area contributed by atoms with Crippen molar-refractivity contribution in [2.45, 2.75) is 31.6 Å². The van der Waals surface area contributed by atoms with Gasteiger partial charge in [-0.15, -0.1) is 0 Å². The summed E-state index contributed by atoms with van der Waals surface area (Å²) in [4.78, 5) is 28.6. The zero-order chi connectivity index (χ0) is 21.6. The first-order valence-corrected chi connectivity index (χ1v) is 10.5. The number of hydrogen-bond donors (Lipinski definition) is 1. The molecule has 3 heterocycles. The molecule has 2 aliphatic rings. The van der Waals surface area contributed by atoms with Crippen molar-refractivity contribution in [2.24, 2.45) is 0 Å². The van der Waals surface area contributed by atoms with E-state index in [0.717, 1.165) is 41.1 Å². The number of para-hydroxylation sites is 1. The van der Waals surface area contributed by atoms with Gasteiger partial charge < -0.3 is 15.0 Å². The fourth-order valence-electron chi connectivity index (χ4n) is 4.71. The summed E-state index contributed by atoms with van der Waals surface area (Å²) in [6, 6.07) is 15.2. The predicted octanol–water partition coefficient (Wildman–Crippen LogP) is 3.66. The highest BCUT2D eigenvalue weighted by molar-refractivity contribution is 6.15. The monoisotopic (exact) mass is 416 g/mol. The first kappa shape index (κ1) is 19.4. The molecule has 0 saturated heterocycles. The summed E-state index contributed by atoms with van der Waals surface area (Å²) in [7, 11) is 1.61. The van der Waals surface area contributed by atoms with E-state index in [0.29, 0.717) is 12.4 Å². The van der Waals surface area contributed by atoms with Crippen LogP contribution in [-0.2, 0) is 15.0 Å². The number of nitrogens with one attached hydrogen (secondary N) is 1. The summed E-state index contributed by atoms with van der Waals surface area (Å²) in [5, 5.41) is 7.52. The van der Waals surface area contributed by atoms with Gasteiger partial charge in [-0.1, -0.05) is 31.5 Å². The van der Waals surface area contributed by atoms with Crippen molar-refractivity contribution in [1.29, 1.82) is 0 Å². The minimum absolute atomic E-state index is 0.0486. The summed E-state index contributed by atoms with van der Waals surface area (Å²) in [6.45, 7) is 2.74. The van der Waals surface area contributed by atoms with Crippen molar-refractivity contribution in [1.82, 2.24) is 9.78 Å². The molecule has 0 bridgehead atoms. The summed E-state index contributed by atoms with van der Waals surface area (Å²) in [6.07, 6.45) is 3.68. The second-order valence-corrected chi connectivity index (χ2v) is 7.97. The number of ether oxygens (including phenoxy) is 1. The number of carbonyl (C=O) groups is 2. The van der Waals surface area contributed by atoms with Crippen LogP contribution in [0.1, 0.15) is 37.3 Å². The number of amides is 2. The molecule has 0 unspecified atom stereocenters. The quantitative estimate of drug-likeness (QED) is 0.689. The van der Waals surface area contributed by atoms with E-state index in [-0.39, 0.29) is 18.2 Å². The number of aromatic nitrogens is 2. The number of nitrogens with zero attached hydrogens (tertiary/aromatic N) is 3. The van der Waals surface area contributed by atoms with Crippen LogP contribution in [0.15, 0.2) is 54.7 Å². The average Bonchev–Trinajstić information content (AvgIpc) is 3.31. The minimum atomic E-state index is -1.05. The number of unbranched alkanes of at least 4 members (excludes halogenated alkanes) is 1. The molecule has 1 spiro atoms. The third-order valence-corrected chi connectivity index (χ3v) is 6.23. The molecule has 2 amide bonds. The summed E-state index contributed by atoms with van der Waals surface area (Å²) in [5.74, 6) is 1.04. The SMILES string of the molecule is CCCCN1C(=O)[C@@]2(CC(=O)Nc3c2cnn3-c2ccc(OC)cc2)c2ccccc21. The Kier molecular flexibility index (Phi) is 4.54. The van der Waals surface area contributed by atoms with E-state index >= 15 is 0 Å². The zero-order valence-corrected chi connectivity index (χ0v) is 17.6. The van der Waals surface area contributed by atoms with Crippen LogP contribution >= 0.6 is 0 Å². The van der Waals surface area contributed by atoms with Gasteiger partial charge in [0.15, 0.2) is 0 Å². The molecule has 31 heavy (non-hydrogen) atoms. The van der Waals surface area contributed by atoms with Gasteiger partial charge >= 0.3 is 0 Å². The number of fused-ring (bicyclic) bond motifs is 4. The maximum atomic E-state index is 13.9. The number of carbonyl (C=O) groups excluding carboxylic acids is 2. The van der Waals surface area contributed by atoms with Crippen molar-refractivity contribution < 1.29 is 14.3 Å². The molecule has 2 aromatic carbocycles. The van der Waals surface area contributed by atoms with Gasteiger partial charge in [-0.05, 0) is 42.3 Å². The predicted molar refractivity (Wildman–Crippen MR) is 118 cm³/mol. The van der Waals surface area contributed by atoms with Crippen molar-refractivity contribution in [3.05, 3.63) is 65.9 Å². The summed E-state index contributed by atoms with van der Waals surface area (Å²) >= 11 is 0. The average molecular weight is 416 g/mol. The Hall–Kier alpha value is -3.61. The standard InChI is InChI=1S/C24H24N4O3/c1-3-4-13-27-20-8-6-5-7-18(20)24(23(27)30)14-21(29)26-22-19(24)15-25-28(22)16-9-11-17(31-2)12-10-16/h5-12,15H,3-4,13-14H2,1-2H3,(H,26,29)/t24-/m0/s1. The fraction of sp³-hybridized carbons (Fsp3) is 0.292. The maximum absolute atomic E-state index is 13.9. The molecule has 0 saturated carbocycles. The molecule has 5 rings (SSSR count). The Balaban J connectivity index is 1.68. The van der Waals surface area contributed by atoms with Crippen molar-refractivity contribution >= 4 is 23.3 Å². The third kappa shape index (κ3) is 2.76. The molecule has 7 heteroatoms. The molecule has 0 aliphatic carbocycles. The van der Waals surface area contributed by atoms with E-state index in [4.69, 9.17) is 4.74 Å². The Labute approximate surface area is 180 Å². The highest BCUT2D eigenvalue weighted by Gasteiger charge is 2.56. The molecule has 158 valence electrons. The van der Waals surface area contributed by atoms with E-state index in [9.17, 15) is 9.59 Å². The third-order valence-electron chi connectivity index (χ3n) is 6.23. The van der Waals surface area contributed by atoms with Gasteiger partial charge in [0, 0.05) is 24.2 Å². The van der Waals surface area contributed by atoms with Crippen LogP contribution in [0.4, 0.5) is 11.5 Å². The Morgan fingerprint density at radius 1 is 1.10 bits per heavy atom. The second kappa shape index (κ2) is 7.27. The Morgan fingerprint density at radius 2 is 1.87 bits per heavy atom. The van der Waals surface area contributed by atoms with Crippen LogP contribution in [0, 0.1) is 0 Å². The number of benzene rings is 2. The number of anilines is 2. The van der Waals surface area contributed by atoms with Gasteiger partial charge in [0.1, 0.15) is 17.0 Å². The van der Waals surface area contributed by atoms with Crippen LogP contribution in [0.5, 0.6) is 5.75 Å². The molecule has 0 radical (unpaired) electrons. The van der Waals surface area contributed by atoms with E-state index in [1.54, 1.807) is 18.0 Å². The lowest BCUT2D eigenvalue weighted by molar-refractivity contribution is -0.126. The van der Waals surface area contributed by atoms with Gasteiger partial charge in [0.25, 0.3) is 0 Å². The molecule has 1 atom stereocenters. The summed E-state index contributed by atoms with van der Waals surface area (Å²) < 4.78 is 6.92. The smallest absolute Gasteiger partial charge is 0.242 e. The van der Waals surface area contributed by atoms with Gasteiger partial charge in [-0.2, -0.15) is 5.10 Å². The maximum Gasteiger partial charge on any atom is 0.242 e. The molecular formula is C24H24N4O3. The molecule has 7 nitrogen and oxygen atoms in total. The Bertz CT molecular complexity index is 1170. The van der Waals surface area contributed by atoms with Crippen LogP contribution in [0.2, 0.25) is 0 Å². The highest BCUT2D eigenvalue weighted by Crippen LogP contribution is 2.52. The van der Waals surface area contributed by atoms with Crippen LogP contribution in [0.3, 0.4) is 0 Å². The number of methoxy groups -OCH3 is 1. The molecule has 2 aliphatic heterocycles. The van der Waals surface area contributed by atoms with Crippen molar-refractivity contribution in [3.8, 4) is 11.4 Å². The molecule has 1 N–H and O–H groups in total. The first-order chi connectivity index (χ1) is 15.1. The summed E-state index contributed by atoms with van der Waals surface area (Å²) in [5.41, 5.74) is 2.23. The second-order valence-electron chi connectivity index (χ2n) is 7.97. The lowest BCUT2D eigenvalue weighted by Gasteiger charge is -2.32. The largest absolute Gasteiger partial charge is 0.497 e. The molecule has 0 fully saturated rings. The molecular weight excluding hydrogens is 392 g/mol. The lowest BCUT2D eigenvalue weighted by Crippen LogP contribution is -2.46. The normalized spacial score (nSPS) is 19.4. The molecule has 1 aromatic heterocycles. The van der Waals surface area contributed by atoms with Gasteiger partial charge in [-0.25, -0.2) is 4.68 Å². The van der Waals surface area contributed by atoms with E-state index in [1.165, 1.54) is 0 Å². The van der Waals surface area contributed by atoms with Gasteiger partial charge in [-0.3, -0.25) is 9.59 Å². The van der Waals surface area contributed by atoms with Crippen LogP contribution in [-0.4, -0.2) is 35.2 Å². The lowest BCUT2D eigenvalue weighted by atomic mass is 9.72. The van der Waals surface area contributed by atoms with Crippen LogP contribution < -0.4 is 15.0 Å². The van der Waals surface area contributed by atoms with E-state index in [1.807, 2.05) is 53.4 Å². The topological polar surface area (TPSA) is 76.5 Å². The van der Waals surface area contributed by atoms with E-state index < -0.39 is 5.41 Å². The Morgan fingerprint density at radius 3 is 2.61 bits per heavy atom. The molecule has 3 aromatic rings. The number of hydrogen-bond acceptors (Lipinski definition) is 4. The van der Waals surface area contributed by atoms with Crippen LogP contribution in [0.25, 0.3) is 5.69 Å². The first-order valence-electron chi connectivity index (χ1n) is 10.5. The van der Waals surface area contributed by atoms with Gasteiger partial charge in [0.05, 0.1) is 19.0 Å². The zero-order valence-electron chi connectivity index (χ0n) is 17.6. The van der Waals surface area contributed by atoms with Crippen molar-refractivity contribution in [2.75, 3.05) is 23.9 Å². The highest BCUT2D eigenvalue weighted by atomic mass is 16.5.